The Labute approximate surface area is 430 Å². The highest BCUT2D eigenvalue weighted by molar-refractivity contribution is 7.89. The molecule has 4 aromatic carbocycles. The number of benzene rings is 4. The van der Waals surface area contributed by atoms with Crippen molar-refractivity contribution in [3.05, 3.63) is 96.1 Å². The number of nitrogens with one attached hydrogen (secondary N) is 2. The van der Waals surface area contributed by atoms with Crippen LogP contribution in [0.3, 0.4) is 0 Å². The summed E-state index contributed by atoms with van der Waals surface area (Å²) >= 11 is 0. The minimum atomic E-state index is -3.62. The molecule has 2 N–H and O–H groups in total. The Morgan fingerprint density at radius 3 is 1.08 bits per heavy atom. The monoisotopic (exact) mass is 1030 g/mol. The molecule has 0 aromatic heterocycles. The summed E-state index contributed by atoms with van der Waals surface area (Å²) in [6, 6.07) is 27.3. The van der Waals surface area contributed by atoms with E-state index in [0.29, 0.717) is 46.9 Å². The third kappa shape index (κ3) is 14.4. The first-order valence-electron chi connectivity index (χ1n) is 26.1. The zero-order valence-corrected chi connectivity index (χ0v) is 45.4. The molecule has 2 saturated carbocycles. The lowest BCUT2D eigenvalue weighted by Crippen LogP contribution is -2.46. The number of rotatable bonds is 18. The van der Waals surface area contributed by atoms with Crippen molar-refractivity contribution in [2.24, 2.45) is 0 Å². The van der Waals surface area contributed by atoms with Crippen LogP contribution in [-0.2, 0) is 20.0 Å². The number of piperidine rings is 2. The van der Waals surface area contributed by atoms with E-state index in [1.807, 2.05) is 12.1 Å². The van der Waals surface area contributed by atoms with Crippen LogP contribution in [0.1, 0.15) is 128 Å². The number of methoxy groups -OCH3 is 4. The lowest BCUT2D eigenvalue weighted by molar-refractivity contribution is 0.115. The van der Waals surface area contributed by atoms with Gasteiger partial charge in [0, 0.05) is 36.3 Å². The predicted molar refractivity (Wildman–Crippen MR) is 283 cm³/mol. The van der Waals surface area contributed by atoms with Gasteiger partial charge in [0.1, 0.15) is 11.5 Å². The van der Waals surface area contributed by atoms with E-state index >= 15 is 0 Å². The molecule has 2 aliphatic heterocycles. The van der Waals surface area contributed by atoms with Crippen molar-refractivity contribution in [3.8, 4) is 34.5 Å². The van der Waals surface area contributed by atoms with Gasteiger partial charge in [0.25, 0.3) is 0 Å². The van der Waals surface area contributed by atoms with E-state index in [-0.39, 0.29) is 34.1 Å². The van der Waals surface area contributed by atoms with Crippen LogP contribution in [0.25, 0.3) is 0 Å². The smallest absolute Gasteiger partial charge is 0.240 e. The van der Waals surface area contributed by atoms with Gasteiger partial charge in [0.05, 0.1) is 50.4 Å². The fourth-order valence-corrected chi connectivity index (χ4v) is 13.8. The highest BCUT2D eigenvalue weighted by Crippen LogP contribution is 2.39. The zero-order chi connectivity index (χ0) is 51.4. The maximum atomic E-state index is 13.0. The third-order valence-corrected chi connectivity index (χ3v) is 17.9. The standard InChI is InChI=1S/2C28H40N2O5S/c2*1-20(2)35-26-8-6-5-7-25(26)21-15-17-30(18-16-21)23-11-9-22(10-12-23)29-36(31,32)24-13-14-27(33-3)28(19-24)34-4/h2*5-8,13-14,19-23,29H,9-12,15-18H2,1-4H3. The second kappa shape index (κ2) is 25.6. The van der Waals surface area contributed by atoms with Crippen LogP contribution in [0.2, 0.25) is 0 Å². The minimum Gasteiger partial charge on any atom is -0.493 e. The van der Waals surface area contributed by atoms with Crippen molar-refractivity contribution in [2.45, 2.75) is 163 Å². The number of para-hydroxylation sites is 2. The van der Waals surface area contributed by atoms with Crippen molar-refractivity contribution < 1.29 is 45.3 Å². The Hall–Kier alpha value is -4.58. The van der Waals surface area contributed by atoms with Crippen molar-refractivity contribution in [3.63, 3.8) is 0 Å². The molecule has 4 aliphatic rings. The lowest BCUT2D eigenvalue weighted by Gasteiger charge is -2.41. The van der Waals surface area contributed by atoms with Crippen molar-refractivity contribution in [1.29, 1.82) is 0 Å². The number of likely N-dealkylation sites (tertiary alicyclic amines) is 2. The summed E-state index contributed by atoms with van der Waals surface area (Å²) in [5, 5.41) is 0. The predicted octanol–water partition coefficient (Wildman–Crippen LogP) is 9.92. The summed E-state index contributed by atoms with van der Waals surface area (Å²) in [7, 11) is -1.17. The van der Waals surface area contributed by atoms with E-state index in [1.54, 1.807) is 24.3 Å². The molecular formula is C56H80N4O10S2. The van der Waals surface area contributed by atoms with Crippen LogP contribution in [-0.4, -0.2) is 118 Å². The summed E-state index contributed by atoms with van der Waals surface area (Å²) in [5.74, 6) is 4.94. The first kappa shape index (κ1) is 55.2. The van der Waals surface area contributed by atoms with Gasteiger partial charge in [-0.3, -0.25) is 0 Å². The Balaban J connectivity index is 0.000000211. The van der Waals surface area contributed by atoms with Gasteiger partial charge in [0.15, 0.2) is 23.0 Å². The average Bonchev–Trinajstić information content (AvgIpc) is 3.38. The Morgan fingerprint density at radius 1 is 0.431 bits per heavy atom. The number of hydrogen-bond acceptors (Lipinski definition) is 12. The van der Waals surface area contributed by atoms with E-state index in [9.17, 15) is 16.8 Å². The molecule has 16 heteroatoms. The fourth-order valence-electron chi connectivity index (χ4n) is 11.2. The van der Waals surface area contributed by atoms with Crippen molar-refractivity contribution >= 4 is 20.0 Å². The van der Waals surface area contributed by atoms with Crippen molar-refractivity contribution in [2.75, 3.05) is 54.6 Å². The number of hydrogen-bond donors (Lipinski definition) is 2. The normalized spacial score (nSPS) is 21.9. The molecular weight excluding hydrogens is 953 g/mol. The minimum absolute atomic E-state index is 0.0445. The van der Waals surface area contributed by atoms with Gasteiger partial charge in [0.2, 0.25) is 20.0 Å². The molecule has 396 valence electrons. The van der Waals surface area contributed by atoms with Gasteiger partial charge in [-0.1, -0.05) is 36.4 Å². The molecule has 0 unspecified atom stereocenters. The molecule has 4 fully saturated rings. The van der Waals surface area contributed by atoms with Crippen LogP contribution < -0.4 is 37.9 Å². The van der Waals surface area contributed by atoms with E-state index in [4.69, 9.17) is 28.4 Å². The average molecular weight is 1030 g/mol. The summed E-state index contributed by atoms with van der Waals surface area (Å²) in [4.78, 5) is 5.63. The molecule has 4 aromatic rings. The van der Waals surface area contributed by atoms with E-state index in [2.05, 4.69) is 83.3 Å². The molecule has 0 spiro atoms. The van der Waals surface area contributed by atoms with E-state index < -0.39 is 20.0 Å². The Kier molecular flexibility index (Phi) is 19.6. The van der Waals surface area contributed by atoms with E-state index in [1.165, 1.54) is 51.7 Å². The van der Waals surface area contributed by atoms with Crippen LogP contribution >= 0.6 is 0 Å². The van der Waals surface area contributed by atoms with Gasteiger partial charge in [-0.15, -0.1) is 0 Å². The van der Waals surface area contributed by atoms with Gasteiger partial charge in [-0.2, -0.15) is 0 Å². The molecule has 2 heterocycles. The number of ether oxygens (including phenoxy) is 6. The second-order valence-electron chi connectivity index (χ2n) is 20.3. The summed E-state index contributed by atoms with van der Waals surface area (Å²) in [6.07, 6.45) is 12.3. The van der Waals surface area contributed by atoms with Crippen LogP contribution in [0, 0.1) is 0 Å². The molecule has 2 saturated heterocycles. The quantitative estimate of drug-likeness (QED) is 0.0975. The van der Waals surface area contributed by atoms with E-state index in [0.717, 1.165) is 115 Å². The zero-order valence-electron chi connectivity index (χ0n) is 43.8. The largest absolute Gasteiger partial charge is 0.493 e. The SMILES string of the molecule is COc1ccc(S(=O)(=O)NC2CCC(N3CCC(c4ccccc4OC(C)C)CC3)CC2)cc1OC.COc1ccc(S(=O)(=O)NC2CCC(N3CCC(c4ccccc4OC(C)C)CC3)CC2)cc1OC. The molecule has 0 atom stereocenters. The summed E-state index contributed by atoms with van der Waals surface area (Å²) in [5.41, 5.74) is 2.67. The van der Waals surface area contributed by atoms with Crippen molar-refractivity contribution in [1.82, 2.24) is 19.2 Å². The van der Waals surface area contributed by atoms with Crippen LogP contribution in [0.15, 0.2) is 94.7 Å². The van der Waals surface area contributed by atoms with Gasteiger partial charge < -0.3 is 38.2 Å². The Bertz CT molecular complexity index is 2390. The maximum Gasteiger partial charge on any atom is 0.240 e. The van der Waals surface area contributed by atoms with Crippen LogP contribution in [0.4, 0.5) is 0 Å². The number of nitrogens with zero attached hydrogens (tertiary/aromatic N) is 2. The number of sulfonamides is 2. The molecule has 0 bridgehead atoms. The molecule has 72 heavy (non-hydrogen) atoms. The molecule has 8 rings (SSSR count). The Morgan fingerprint density at radius 2 is 0.764 bits per heavy atom. The third-order valence-electron chi connectivity index (χ3n) is 14.9. The molecule has 2 aliphatic carbocycles. The topological polar surface area (TPSA) is 154 Å². The highest BCUT2D eigenvalue weighted by Gasteiger charge is 2.34. The fraction of sp³-hybridized carbons (Fsp3) is 0.571. The lowest BCUT2D eigenvalue weighted by atomic mass is 9.85. The summed E-state index contributed by atoms with van der Waals surface area (Å²) < 4.78 is 90.9. The van der Waals surface area contributed by atoms with Gasteiger partial charge in [-0.05, 0) is 190 Å². The van der Waals surface area contributed by atoms with Crippen LogP contribution in [0.5, 0.6) is 34.5 Å². The second-order valence-corrected chi connectivity index (χ2v) is 23.7. The van der Waals surface area contributed by atoms with Gasteiger partial charge in [-0.25, -0.2) is 26.3 Å². The highest BCUT2D eigenvalue weighted by atomic mass is 32.2. The molecule has 0 radical (unpaired) electrons. The molecule has 14 nitrogen and oxygen atoms in total. The van der Waals surface area contributed by atoms with Gasteiger partial charge >= 0.3 is 0 Å². The first-order chi connectivity index (χ1) is 34.6. The summed E-state index contributed by atoms with van der Waals surface area (Å²) in [6.45, 7) is 12.6. The first-order valence-corrected chi connectivity index (χ1v) is 29.1. The molecule has 0 amide bonds. The maximum absolute atomic E-state index is 13.0.